The van der Waals surface area contributed by atoms with Crippen molar-refractivity contribution < 1.29 is 21.6 Å². The van der Waals surface area contributed by atoms with Gasteiger partial charge < -0.3 is 5.32 Å². The van der Waals surface area contributed by atoms with Gasteiger partial charge in [-0.25, -0.2) is 21.6 Å². The molecule has 2 N–H and O–H groups in total. The van der Waals surface area contributed by atoms with Gasteiger partial charge in [0.1, 0.15) is 0 Å². The molecule has 1 aromatic carbocycles. The standard InChI is InChI=1S/C18H25N3O5S2/c1-3-27(23,24)20-12-14-8-11-21(13-14)28(25,26)16-6-4-15(5-7-16)18(9-10-18)17(22)19-2/h3-7,14,20H,1,8-13H2,2H3,(H,19,22)/t14-/m1/s1. The molecule has 0 radical (unpaired) electrons. The number of nitrogens with zero attached hydrogens (tertiary/aromatic N) is 1. The summed E-state index contributed by atoms with van der Waals surface area (Å²) in [7, 11) is -5.59. The van der Waals surface area contributed by atoms with Gasteiger partial charge >= 0.3 is 0 Å². The third-order valence-corrected chi connectivity index (χ3v) is 8.38. The minimum absolute atomic E-state index is 0.0486. The Bertz CT molecular complexity index is 967. The molecular weight excluding hydrogens is 402 g/mol. The Hall–Kier alpha value is -1.75. The summed E-state index contributed by atoms with van der Waals surface area (Å²) in [5.41, 5.74) is 0.293. The number of carbonyl (C=O) groups is 1. The van der Waals surface area contributed by atoms with Gasteiger partial charge in [0.25, 0.3) is 0 Å². The van der Waals surface area contributed by atoms with Crippen molar-refractivity contribution in [2.75, 3.05) is 26.7 Å². The Balaban J connectivity index is 1.68. The van der Waals surface area contributed by atoms with Crippen molar-refractivity contribution in [3.63, 3.8) is 0 Å². The van der Waals surface area contributed by atoms with Gasteiger partial charge in [-0.1, -0.05) is 18.7 Å². The molecule has 28 heavy (non-hydrogen) atoms. The molecular formula is C18H25N3O5S2. The molecule has 0 aromatic heterocycles. The lowest BCUT2D eigenvalue weighted by Crippen LogP contribution is -2.33. The fourth-order valence-electron chi connectivity index (χ4n) is 3.58. The smallest absolute Gasteiger partial charge is 0.243 e. The van der Waals surface area contributed by atoms with E-state index in [9.17, 15) is 21.6 Å². The van der Waals surface area contributed by atoms with Crippen molar-refractivity contribution in [3.8, 4) is 0 Å². The number of benzene rings is 1. The molecule has 1 aliphatic carbocycles. The molecule has 1 amide bonds. The van der Waals surface area contributed by atoms with E-state index in [0.717, 1.165) is 23.8 Å². The Morgan fingerprint density at radius 2 is 1.89 bits per heavy atom. The molecule has 1 saturated carbocycles. The second-order valence-electron chi connectivity index (χ2n) is 7.26. The first-order valence-electron chi connectivity index (χ1n) is 9.09. The third-order valence-electron chi connectivity index (χ3n) is 5.50. The van der Waals surface area contributed by atoms with Gasteiger partial charge in [-0.05, 0) is 42.9 Å². The van der Waals surface area contributed by atoms with Crippen LogP contribution < -0.4 is 10.0 Å². The zero-order valence-corrected chi connectivity index (χ0v) is 17.4. The van der Waals surface area contributed by atoms with Crippen LogP contribution in [-0.2, 0) is 30.3 Å². The fraction of sp³-hybridized carbons (Fsp3) is 0.500. The molecule has 0 spiro atoms. The van der Waals surface area contributed by atoms with Crippen LogP contribution in [0.2, 0.25) is 0 Å². The second-order valence-corrected chi connectivity index (χ2v) is 10.9. The van der Waals surface area contributed by atoms with Crippen LogP contribution in [0.4, 0.5) is 0 Å². The zero-order valence-electron chi connectivity index (χ0n) is 15.7. The number of rotatable bonds is 8. The van der Waals surface area contributed by atoms with Gasteiger partial charge in [-0.3, -0.25) is 4.79 Å². The Morgan fingerprint density at radius 3 is 2.43 bits per heavy atom. The van der Waals surface area contributed by atoms with E-state index in [4.69, 9.17) is 0 Å². The van der Waals surface area contributed by atoms with Crippen LogP contribution in [0.25, 0.3) is 0 Å². The summed E-state index contributed by atoms with van der Waals surface area (Å²) in [5, 5.41) is 3.50. The van der Waals surface area contributed by atoms with Crippen LogP contribution in [0.15, 0.2) is 41.1 Å². The molecule has 154 valence electrons. The van der Waals surface area contributed by atoms with Gasteiger partial charge in [-0.2, -0.15) is 4.31 Å². The molecule has 10 heteroatoms. The molecule has 1 heterocycles. The number of sulfonamides is 2. The van der Waals surface area contributed by atoms with Crippen molar-refractivity contribution in [2.45, 2.75) is 29.6 Å². The lowest BCUT2D eigenvalue weighted by Gasteiger charge is -2.18. The quantitative estimate of drug-likeness (QED) is 0.629. The monoisotopic (exact) mass is 427 g/mol. The summed E-state index contributed by atoms with van der Waals surface area (Å²) in [5.74, 6) is -0.140. The SMILES string of the molecule is C=CS(=O)(=O)NC[C@H]1CCN(S(=O)(=O)c2ccc(C3(C(=O)NC)CC3)cc2)C1. The lowest BCUT2D eigenvalue weighted by molar-refractivity contribution is -0.123. The fourth-order valence-corrected chi connectivity index (χ4v) is 5.70. The summed E-state index contributed by atoms with van der Waals surface area (Å²) in [6.07, 6.45) is 2.09. The van der Waals surface area contributed by atoms with Crippen molar-refractivity contribution in [3.05, 3.63) is 41.8 Å². The summed E-state index contributed by atoms with van der Waals surface area (Å²) in [6.45, 7) is 4.01. The van der Waals surface area contributed by atoms with E-state index in [0.29, 0.717) is 13.0 Å². The maximum Gasteiger partial charge on any atom is 0.243 e. The van der Waals surface area contributed by atoms with E-state index in [-0.39, 0.29) is 29.8 Å². The number of likely N-dealkylation sites (N-methyl/N-ethyl adjacent to an activating group) is 1. The van der Waals surface area contributed by atoms with Gasteiger partial charge in [0, 0.05) is 32.1 Å². The molecule has 0 bridgehead atoms. The number of nitrogens with one attached hydrogen (secondary N) is 2. The predicted molar refractivity (Wildman–Crippen MR) is 105 cm³/mol. The summed E-state index contributed by atoms with van der Waals surface area (Å²) < 4.78 is 52.5. The first-order valence-corrected chi connectivity index (χ1v) is 12.1. The van der Waals surface area contributed by atoms with Crippen molar-refractivity contribution in [1.29, 1.82) is 0 Å². The molecule has 1 saturated heterocycles. The highest BCUT2D eigenvalue weighted by molar-refractivity contribution is 7.92. The van der Waals surface area contributed by atoms with Crippen molar-refractivity contribution in [2.24, 2.45) is 5.92 Å². The molecule has 1 atom stereocenters. The lowest BCUT2D eigenvalue weighted by atomic mass is 9.95. The van der Waals surface area contributed by atoms with Crippen LogP contribution in [0.3, 0.4) is 0 Å². The Labute approximate surface area is 166 Å². The first kappa shape index (κ1) is 21.0. The topological polar surface area (TPSA) is 113 Å². The van der Waals surface area contributed by atoms with E-state index >= 15 is 0 Å². The van der Waals surface area contributed by atoms with Gasteiger partial charge in [-0.15, -0.1) is 0 Å². The van der Waals surface area contributed by atoms with Gasteiger partial charge in [0.2, 0.25) is 26.0 Å². The van der Waals surface area contributed by atoms with Crippen LogP contribution in [0.5, 0.6) is 0 Å². The maximum atomic E-state index is 12.9. The van der Waals surface area contributed by atoms with E-state index in [1.165, 1.54) is 4.31 Å². The van der Waals surface area contributed by atoms with Crippen LogP contribution in [-0.4, -0.2) is 53.7 Å². The number of carbonyl (C=O) groups excluding carboxylic acids is 1. The molecule has 2 fully saturated rings. The highest BCUT2D eigenvalue weighted by atomic mass is 32.2. The largest absolute Gasteiger partial charge is 0.358 e. The van der Waals surface area contributed by atoms with E-state index in [2.05, 4.69) is 16.6 Å². The second kappa shape index (κ2) is 7.58. The van der Waals surface area contributed by atoms with Crippen LogP contribution >= 0.6 is 0 Å². The molecule has 0 unspecified atom stereocenters. The van der Waals surface area contributed by atoms with Gasteiger partial charge in [0.05, 0.1) is 10.3 Å². The number of amides is 1. The molecule has 1 aliphatic heterocycles. The van der Waals surface area contributed by atoms with Crippen molar-refractivity contribution >= 4 is 26.0 Å². The minimum atomic E-state index is -3.66. The minimum Gasteiger partial charge on any atom is -0.358 e. The maximum absolute atomic E-state index is 12.9. The Morgan fingerprint density at radius 1 is 1.25 bits per heavy atom. The normalized spacial score (nSPS) is 22.0. The summed E-state index contributed by atoms with van der Waals surface area (Å²) in [4.78, 5) is 12.3. The summed E-state index contributed by atoms with van der Waals surface area (Å²) >= 11 is 0. The molecule has 3 rings (SSSR count). The molecule has 2 aliphatic rings. The van der Waals surface area contributed by atoms with E-state index in [1.807, 2.05) is 0 Å². The third kappa shape index (κ3) is 4.00. The molecule has 8 nitrogen and oxygen atoms in total. The average molecular weight is 428 g/mol. The van der Waals surface area contributed by atoms with Gasteiger partial charge in [0.15, 0.2) is 0 Å². The number of hydrogen-bond acceptors (Lipinski definition) is 5. The van der Waals surface area contributed by atoms with E-state index < -0.39 is 25.5 Å². The predicted octanol–water partition coefficient (Wildman–Crippen LogP) is 0.538. The average Bonchev–Trinajstić information content (AvgIpc) is 3.36. The highest BCUT2D eigenvalue weighted by Gasteiger charge is 2.50. The van der Waals surface area contributed by atoms with E-state index in [1.54, 1.807) is 31.3 Å². The van der Waals surface area contributed by atoms with Crippen LogP contribution in [0.1, 0.15) is 24.8 Å². The number of hydrogen-bond donors (Lipinski definition) is 2. The first-order chi connectivity index (χ1) is 13.1. The van der Waals surface area contributed by atoms with Crippen molar-refractivity contribution in [1.82, 2.24) is 14.3 Å². The summed E-state index contributed by atoms with van der Waals surface area (Å²) in [6, 6.07) is 6.50. The Kier molecular flexibility index (Phi) is 5.68. The van der Waals surface area contributed by atoms with Crippen LogP contribution in [0, 0.1) is 5.92 Å². The molecule has 1 aromatic rings. The highest BCUT2D eigenvalue weighted by Crippen LogP contribution is 2.48. The zero-order chi connectivity index (χ0) is 20.6.